The number of anilines is 1. The first-order valence-corrected chi connectivity index (χ1v) is 9.56. The molecule has 6 heteroatoms. The topological polar surface area (TPSA) is 64.6 Å². The second kappa shape index (κ2) is 12.0. The Morgan fingerprint density at radius 3 is 2.29 bits per heavy atom. The van der Waals surface area contributed by atoms with Gasteiger partial charge in [-0.05, 0) is 50.1 Å². The van der Waals surface area contributed by atoms with Gasteiger partial charge in [0.15, 0.2) is 11.9 Å². The molecule has 1 N–H and O–H groups in total. The molecule has 2 aromatic rings. The van der Waals surface area contributed by atoms with Gasteiger partial charge in [0.25, 0.3) is 0 Å². The molecule has 0 radical (unpaired) electrons. The highest BCUT2D eigenvalue weighted by atomic mass is 35.5. The number of aryl methyl sites for hydroxylation is 1. The fourth-order valence-electron chi connectivity index (χ4n) is 2.29. The number of rotatable bonds is 7. The van der Waals surface area contributed by atoms with Crippen LogP contribution in [-0.4, -0.2) is 24.9 Å². The van der Waals surface area contributed by atoms with E-state index in [0.29, 0.717) is 29.3 Å². The van der Waals surface area contributed by atoms with Gasteiger partial charge in [0.2, 0.25) is 5.91 Å². The number of methoxy groups -OCH3 is 1. The van der Waals surface area contributed by atoms with E-state index >= 15 is 0 Å². The predicted molar refractivity (Wildman–Crippen MR) is 113 cm³/mol. The molecular formula is C22H28ClNO4. The average molecular weight is 406 g/mol. The Kier molecular flexibility index (Phi) is 10.1. The molecule has 152 valence electrons. The molecule has 0 aliphatic rings. The lowest BCUT2D eigenvalue weighted by Gasteiger charge is -2.15. The van der Waals surface area contributed by atoms with E-state index in [4.69, 9.17) is 21.1 Å². The van der Waals surface area contributed by atoms with Crippen LogP contribution < -0.4 is 14.8 Å². The number of nitrogens with one attached hydrogen (secondary N) is 1. The molecule has 0 bridgehead atoms. The highest BCUT2D eigenvalue weighted by Gasteiger charge is 2.13. The second-order valence-corrected chi connectivity index (χ2v) is 6.55. The summed E-state index contributed by atoms with van der Waals surface area (Å²) in [6, 6.07) is 12.9. The number of ether oxygens (including phenoxy) is 2. The lowest BCUT2D eigenvalue weighted by Crippen LogP contribution is -2.24. The lowest BCUT2D eigenvalue weighted by atomic mass is 10.2. The van der Waals surface area contributed by atoms with E-state index in [1.807, 2.05) is 38.1 Å². The number of amides is 1. The van der Waals surface area contributed by atoms with E-state index in [0.717, 1.165) is 11.3 Å². The summed E-state index contributed by atoms with van der Waals surface area (Å²) in [5, 5.41) is 3.19. The third-order valence-electron chi connectivity index (χ3n) is 3.94. The van der Waals surface area contributed by atoms with E-state index in [1.54, 1.807) is 39.2 Å². The van der Waals surface area contributed by atoms with Gasteiger partial charge in [-0.1, -0.05) is 43.6 Å². The normalized spacial score (nSPS) is 10.9. The largest absolute Gasteiger partial charge is 0.495 e. The molecule has 2 aromatic carbocycles. The van der Waals surface area contributed by atoms with Crippen molar-refractivity contribution in [3.05, 3.63) is 53.1 Å². The van der Waals surface area contributed by atoms with Gasteiger partial charge in [-0.3, -0.25) is 9.59 Å². The number of benzene rings is 2. The fourth-order valence-corrected chi connectivity index (χ4v) is 2.55. The van der Waals surface area contributed by atoms with Crippen LogP contribution in [0.3, 0.4) is 0 Å². The zero-order chi connectivity index (χ0) is 21.1. The zero-order valence-electron chi connectivity index (χ0n) is 17.0. The number of carbonyl (C=O) groups is 2. The van der Waals surface area contributed by atoms with E-state index in [9.17, 15) is 9.59 Å². The summed E-state index contributed by atoms with van der Waals surface area (Å²) in [7, 11) is 1.55. The van der Waals surface area contributed by atoms with Gasteiger partial charge in [-0.2, -0.15) is 0 Å². The Hall–Kier alpha value is -2.53. The van der Waals surface area contributed by atoms with Crippen LogP contribution in [0, 0.1) is 6.92 Å². The van der Waals surface area contributed by atoms with Gasteiger partial charge in [0, 0.05) is 12.1 Å². The maximum absolute atomic E-state index is 11.2. The van der Waals surface area contributed by atoms with Crippen LogP contribution in [0.2, 0.25) is 5.02 Å². The molecule has 0 heterocycles. The van der Waals surface area contributed by atoms with E-state index in [1.165, 1.54) is 0 Å². The van der Waals surface area contributed by atoms with Crippen LogP contribution in [0.4, 0.5) is 5.69 Å². The lowest BCUT2D eigenvalue weighted by molar-refractivity contribution is -0.123. The van der Waals surface area contributed by atoms with Crippen molar-refractivity contribution in [1.82, 2.24) is 0 Å². The molecule has 5 nitrogen and oxygen atoms in total. The van der Waals surface area contributed by atoms with Crippen molar-refractivity contribution in [3.8, 4) is 11.5 Å². The van der Waals surface area contributed by atoms with Crippen LogP contribution in [0.25, 0.3) is 0 Å². The first kappa shape index (κ1) is 23.5. The summed E-state index contributed by atoms with van der Waals surface area (Å²) < 4.78 is 10.6. The van der Waals surface area contributed by atoms with Crippen molar-refractivity contribution in [3.63, 3.8) is 0 Å². The SMILES string of the molecule is CCC(=O)Nc1ccc(OC)c(Cl)c1.CCC(Oc1ccccc1C)C(C)=O. The third-order valence-corrected chi connectivity index (χ3v) is 4.24. The Morgan fingerprint density at radius 1 is 1.11 bits per heavy atom. The smallest absolute Gasteiger partial charge is 0.224 e. The Morgan fingerprint density at radius 2 is 1.79 bits per heavy atom. The van der Waals surface area contributed by atoms with Gasteiger partial charge in [0.1, 0.15) is 11.5 Å². The van der Waals surface area contributed by atoms with E-state index in [2.05, 4.69) is 5.32 Å². The summed E-state index contributed by atoms with van der Waals surface area (Å²) in [5.74, 6) is 1.44. The van der Waals surface area contributed by atoms with Crippen molar-refractivity contribution in [1.29, 1.82) is 0 Å². The first-order valence-electron chi connectivity index (χ1n) is 9.18. The average Bonchev–Trinajstić information content (AvgIpc) is 2.67. The quantitative estimate of drug-likeness (QED) is 0.666. The summed E-state index contributed by atoms with van der Waals surface area (Å²) >= 11 is 5.88. The van der Waals surface area contributed by atoms with E-state index < -0.39 is 0 Å². The van der Waals surface area contributed by atoms with Gasteiger partial charge >= 0.3 is 0 Å². The maximum atomic E-state index is 11.2. The predicted octanol–water partition coefficient (Wildman–Crippen LogP) is 5.44. The molecule has 1 atom stereocenters. The minimum Gasteiger partial charge on any atom is -0.495 e. The minimum absolute atomic E-state index is 0.0359. The molecule has 0 aliphatic heterocycles. The number of para-hydroxylation sites is 1. The molecule has 28 heavy (non-hydrogen) atoms. The molecule has 1 amide bonds. The highest BCUT2D eigenvalue weighted by Crippen LogP contribution is 2.27. The Labute approximate surface area is 172 Å². The van der Waals surface area contributed by atoms with E-state index in [-0.39, 0.29) is 17.8 Å². The van der Waals surface area contributed by atoms with Crippen LogP contribution in [0.1, 0.15) is 39.2 Å². The summed E-state index contributed by atoms with van der Waals surface area (Å²) in [5.41, 5.74) is 1.75. The molecule has 0 aliphatic carbocycles. The van der Waals surface area contributed by atoms with Gasteiger partial charge in [0.05, 0.1) is 12.1 Å². The van der Waals surface area contributed by atoms with Crippen LogP contribution in [0.5, 0.6) is 11.5 Å². The summed E-state index contributed by atoms with van der Waals surface area (Å²) in [6.45, 7) is 7.28. The van der Waals surface area contributed by atoms with Gasteiger partial charge in [-0.15, -0.1) is 0 Å². The molecule has 0 saturated carbocycles. The zero-order valence-corrected chi connectivity index (χ0v) is 17.8. The summed E-state index contributed by atoms with van der Waals surface area (Å²) in [6.07, 6.45) is 0.851. The number of hydrogen-bond donors (Lipinski definition) is 1. The molecule has 0 aromatic heterocycles. The first-order chi connectivity index (χ1) is 13.3. The van der Waals surface area contributed by atoms with Crippen molar-refractivity contribution in [2.24, 2.45) is 0 Å². The van der Waals surface area contributed by atoms with Crippen molar-refractivity contribution in [2.75, 3.05) is 12.4 Å². The summed E-state index contributed by atoms with van der Waals surface area (Å²) in [4.78, 5) is 22.2. The van der Waals surface area contributed by atoms with Crippen LogP contribution in [-0.2, 0) is 9.59 Å². The Balaban J connectivity index is 0.000000280. The van der Waals surface area contributed by atoms with Gasteiger partial charge < -0.3 is 14.8 Å². The monoisotopic (exact) mass is 405 g/mol. The number of Topliss-reactive ketones (excluding diaryl/α,β-unsaturated/α-hetero) is 1. The standard InChI is InChI=1S/C12H16O2.C10H12ClNO2/c1-4-11(10(3)13)14-12-8-6-5-7-9(12)2;1-3-10(13)12-7-4-5-9(14-2)8(11)6-7/h5-8,11H,4H2,1-3H3;4-6H,3H2,1-2H3,(H,12,13). The molecule has 0 fully saturated rings. The molecule has 0 spiro atoms. The molecular weight excluding hydrogens is 378 g/mol. The van der Waals surface area contributed by atoms with Crippen LogP contribution >= 0.6 is 11.6 Å². The number of halogens is 1. The van der Waals surface area contributed by atoms with Crippen molar-refractivity contribution in [2.45, 2.75) is 46.6 Å². The fraction of sp³-hybridized carbons (Fsp3) is 0.364. The number of hydrogen-bond acceptors (Lipinski definition) is 4. The molecule has 0 saturated heterocycles. The second-order valence-electron chi connectivity index (χ2n) is 6.14. The van der Waals surface area contributed by atoms with Crippen molar-refractivity contribution < 1.29 is 19.1 Å². The molecule has 2 rings (SSSR count). The Bertz CT molecular complexity index is 792. The van der Waals surface area contributed by atoms with Crippen molar-refractivity contribution >= 4 is 29.0 Å². The third kappa shape index (κ3) is 7.61. The van der Waals surface area contributed by atoms with Crippen LogP contribution in [0.15, 0.2) is 42.5 Å². The molecule has 1 unspecified atom stereocenters. The minimum atomic E-state index is -0.309. The maximum Gasteiger partial charge on any atom is 0.224 e. The van der Waals surface area contributed by atoms with Gasteiger partial charge in [-0.25, -0.2) is 0 Å². The highest BCUT2D eigenvalue weighted by molar-refractivity contribution is 6.32. The number of ketones is 1. The number of carbonyl (C=O) groups excluding carboxylic acids is 2.